The third kappa shape index (κ3) is 2.95. The Morgan fingerprint density at radius 3 is 3.05 bits per heavy atom. The number of nitrogens with zero attached hydrogens (tertiary/aromatic N) is 1. The van der Waals surface area contributed by atoms with E-state index in [-0.39, 0.29) is 11.7 Å². The van der Waals surface area contributed by atoms with E-state index in [4.69, 9.17) is 0 Å². The maximum Gasteiger partial charge on any atom is 0.240 e. The van der Waals surface area contributed by atoms with Crippen molar-refractivity contribution in [2.24, 2.45) is 5.92 Å². The van der Waals surface area contributed by atoms with Crippen LogP contribution in [0.25, 0.3) is 0 Å². The van der Waals surface area contributed by atoms with E-state index >= 15 is 0 Å². The van der Waals surface area contributed by atoms with Crippen LogP contribution >= 0.6 is 0 Å². The number of aryl methyl sites for hydroxylation is 1. The van der Waals surface area contributed by atoms with Crippen LogP contribution in [0, 0.1) is 11.7 Å². The van der Waals surface area contributed by atoms with E-state index in [0.717, 1.165) is 43.1 Å². The van der Waals surface area contributed by atoms with Crippen LogP contribution in [-0.2, 0) is 11.2 Å². The molecule has 102 valence electrons. The molecule has 0 radical (unpaired) electrons. The zero-order valence-electron chi connectivity index (χ0n) is 11.0. The third-order valence-corrected chi connectivity index (χ3v) is 3.87. The average Bonchev–Trinajstić information content (AvgIpc) is 3.21. The SMILES string of the molecule is O=C(CNCC1CC1)N1CCCc2cc(F)ccc21. The average molecular weight is 262 g/mol. The molecule has 0 aromatic heterocycles. The summed E-state index contributed by atoms with van der Waals surface area (Å²) < 4.78 is 13.2. The number of halogens is 1. The van der Waals surface area contributed by atoms with E-state index in [1.807, 2.05) is 0 Å². The molecule has 0 bridgehead atoms. The molecule has 4 heteroatoms. The predicted octanol–water partition coefficient (Wildman–Crippen LogP) is 2.10. The van der Waals surface area contributed by atoms with Gasteiger partial charge in [-0.25, -0.2) is 4.39 Å². The largest absolute Gasteiger partial charge is 0.311 e. The number of benzene rings is 1. The van der Waals surface area contributed by atoms with E-state index in [9.17, 15) is 9.18 Å². The van der Waals surface area contributed by atoms with Crippen molar-refractivity contribution >= 4 is 11.6 Å². The second kappa shape index (κ2) is 5.29. The van der Waals surface area contributed by atoms with E-state index in [1.165, 1.54) is 18.9 Å². The van der Waals surface area contributed by atoms with Crippen LogP contribution in [0.1, 0.15) is 24.8 Å². The van der Waals surface area contributed by atoms with Crippen molar-refractivity contribution in [2.75, 3.05) is 24.5 Å². The minimum atomic E-state index is -0.222. The van der Waals surface area contributed by atoms with Gasteiger partial charge < -0.3 is 10.2 Å². The monoisotopic (exact) mass is 262 g/mol. The molecule has 1 aliphatic heterocycles. The number of amides is 1. The fraction of sp³-hybridized carbons (Fsp3) is 0.533. The highest BCUT2D eigenvalue weighted by Crippen LogP contribution is 2.28. The summed E-state index contributed by atoms with van der Waals surface area (Å²) in [5.41, 5.74) is 1.83. The Bertz CT molecular complexity index is 485. The van der Waals surface area contributed by atoms with Gasteiger partial charge in [0.1, 0.15) is 5.82 Å². The molecule has 1 amide bonds. The zero-order chi connectivity index (χ0) is 13.2. The lowest BCUT2D eigenvalue weighted by molar-refractivity contribution is -0.117. The lowest BCUT2D eigenvalue weighted by atomic mass is 10.0. The van der Waals surface area contributed by atoms with Gasteiger partial charge in [0.2, 0.25) is 5.91 Å². The Kier molecular flexibility index (Phi) is 3.51. The molecule has 1 N–H and O–H groups in total. The van der Waals surface area contributed by atoms with Crippen LogP contribution in [0.5, 0.6) is 0 Å². The van der Waals surface area contributed by atoms with Crippen molar-refractivity contribution < 1.29 is 9.18 Å². The van der Waals surface area contributed by atoms with Gasteiger partial charge in [0, 0.05) is 12.2 Å². The highest BCUT2D eigenvalue weighted by Gasteiger charge is 2.24. The maximum atomic E-state index is 13.2. The Morgan fingerprint density at radius 2 is 2.26 bits per heavy atom. The number of anilines is 1. The van der Waals surface area contributed by atoms with Crippen molar-refractivity contribution in [3.05, 3.63) is 29.6 Å². The van der Waals surface area contributed by atoms with Crippen LogP contribution < -0.4 is 10.2 Å². The van der Waals surface area contributed by atoms with Gasteiger partial charge in [0.05, 0.1) is 6.54 Å². The number of rotatable bonds is 4. The molecular formula is C15H19FN2O. The quantitative estimate of drug-likeness (QED) is 0.901. The first kappa shape index (κ1) is 12.6. The van der Waals surface area contributed by atoms with E-state index in [2.05, 4.69) is 5.32 Å². The summed E-state index contributed by atoms with van der Waals surface area (Å²) in [6.07, 6.45) is 4.33. The minimum Gasteiger partial charge on any atom is -0.311 e. The Labute approximate surface area is 112 Å². The summed E-state index contributed by atoms with van der Waals surface area (Å²) in [7, 11) is 0. The molecule has 3 rings (SSSR count). The summed E-state index contributed by atoms with van der Waals surface area (Å²) in [4.78, 5) is 14.0. The van der Waals surface area contributed by atoms with Gasteiger partial charge in [-0.05, 0) is 61.9 Å². The van der Waals surface area contributed by atoms with Gasteiger partial charge in [-0.3, -0.25) is 4.79 Å². The van der Waals surface area contributed by atoms with Crippen molar-refractivity contribution in [1.29, 1.82) is 0 Å². The molecule has 0 spiro atoms. The van der Waals surface area contributed by atoms with Crippen molar-refractivity contribution in [3.63, 3.8) is 0 Å². The normalized spacial score (nSPS) is 18.3. The molecule has 19 heavy (non-hydrogen) atoms. The summed E-state index contributed by atoms with van der Waals surface area (Å²) in [5, 5.41) is 3.22. The van der Waals surface area contributed by atoms with Gasteiger partial charge >= 0.3 is 0 Å². The first-order chi connectivity index (χ1) is 9.24. The molecule has 1 aromatic carbocycles. The first-order valence-corrected chi connectivity index (χ1v) is 7.03. The number of nitrogens with one attached hydrogen (secondary N) is 1. The lowest BCUT2D eigenvalue weighted by Crippen LogP contribution is -2.41. The summed E-state index contributed by atoms with van der Waals surface area (Å²) in [6, 6.07) is 4.71. The number of fused-ring (bicyclic) bond motifs is 1. The standard InChI is InChI=1S/C15H19FN2O/c16-13-5-6-14-12(8-13)2-1-7-18(14)15(19)10-17-9-11-3-4-11/h5-6,8,11,17H,1-4,7,9-10H2. The third-order valence-electron chi connectivity index (χ3n) is 3.87. The van der Waals surface area contributed by atoms with Crippen molar-refractivity contribution in [3.8, 4) is 0 Å². The number of hydrogen-bond donors (Lipinski definition) is 1. The molecule has 1 saturated carbocycles. The van der Waals surface area contributed by atoms with Crippen molar-refractivity contribution in [2.45, 2.75) is 25.7 Å². The zero-order valence-corrected chi connectivity index (χ0v) is 11.0. The fourth-order valence-electron chi connectivity index (χ4n) is 2.63. The smallest absolute Gasteiger partial charge is 0.240 e. The van der Waals surface area contributed by atoms with Gasteiger partial charge in [0.25, 0.3) is 0 Å². The molecule has 0 unspecified atom stereocenters. The van der Waals surface area contributed by atoms with Gasteiger partial charge in [0.15, 0.2) is 0 Å². The molecule has 3 nitrogen and oxygen atoms in total. The summed E-state index contributed by atoms with van der Waals surface area (Å²) in [6.45, 7) is 2.06. The molecule has 2 aliphatic rings. The topological polar surface area (TPSA) is 32.3 Å². The second-order valence-corrected chi connectivity index (χ2v) is 5.50. The highest BCUT2D eigenvalue weighted by atomic mass is 19.1. The molecular weight excluding hydrogens is 243 g/mol. The van der Waals surface area contributed by atoms with E-state index in [1.54, 1.807) is 17.0 Å². The molecule has 0 saturated heterocycles. The van der Waals surface area contributed by atoms with Crippen molar-refractivity contribution in [1.82, 2.24) is 5.32 Å². The molecule has 1 aromatic rings. The van der Waals surface area contributed by atoms with Gasteiger partial charge in [-0.2, -0.15) is 0 Å². The maximum absolute atomic E-state index is 13.2. The summed E-state index contributed by atoms with van der Waals surface area (Å²) >= 11 is 0. The Balaban J connectivity index is 1.65. The van der Waals surface area contributed by atoms with E-state index in [0.29, 0.717) is 6.54 Å². The lowest BCUT2D eigenvalue weighted by Gasteiger charge is -2.29. The number of carbonyl (C=O) groups is 1. The van der Waals surface area contributed by atoms with Crippen LogP contribution in [0.3, 0.4) is 0 Å². The Morgan fingerprint density at radius 1 is 1.42 bits per heavy atom. The molecule has 1 aliphatic carbocycles. The second-order valence-electron chi connectivity index (χ2n) is 5.50. The summed E-state index contributed by atoms with van der Waals surface area (Å²) in [5.74, 6) is 0.642. The first-order valence-electron chi connectivity index (χ1n) is 7.03. The molecule has 0 atom stereocenters. The number of carbonyl (C=O) groups excluding carboxylic acids is 1. The van der Waals surface area contributed by atoms with Gasteiger partial charge in [-0.1, -0.05) is 0 Å². The molecule has 1 heterocycles. The van der Waals surface area contributed by atoms with Gasteiger partial charge in [-0.15, -0.1) is 0 Å². The molecule has 1 fully saturated rings. The fourth-order valence-corrected chi connectivity index (χ4v) is 2.63. The Hall–Kier alpha value is -1.42. The highest BCUT2D eigenvalue weighted by molar-refractivity contribution is 5.95. The predicted molar refractivity (Wildman–Crippen MR) is 72.7 cm³/mol. The minimum absolute atomic E-state index is 0.0909. The van der Waals surface area contributed by atoms with Crippen LogP contribution in [0.15, 0.2) is 18.2 Å². The van der Waals surface area contributed by atoms with E-state index < -0.39 is 0 Å². The number of hydrogen-bond acceptors (Lipinski definition) is 2. The van der Waals surface area contributed by atoms with Crippen LogP contribution in [0.2, 0.25) is 0 Å². The van der Waals surface area contributed by atoms with Crippen LogP contribution in [-0.4, -0.2) is 25.5 Å². The van der Waals surface area contributed by atoms with Crippen LogP contribution in [0.4, 0.5) is 10.1 Å².